The molecule has 1 saturated heterocycles. The summed E-state index contributed by atoms with van der Waals surface area (Å²) in [6.45, 7) is 5.20. The van der Waals surface area contributed by atoms with E-state index in [9.17, 15) is 14.4 Å². The Bertz CT molecular complexity index is 591. The van der Waals surface area contributed by atoms with E-state index in [2.05, 4.69) is 10.3 Å². The number of carboxylic acid groups (broad SMARTS) is 1. The van der Waals surface area contributed by atoms with Crippen LogP contribution in [0.2, 0.25) is 0 Å². The third-order valence-corrected chi connectivity index (χ3v) is 4.70. The minimum Gasteiger partial charge on any atom is -0.476 e. The van der Waals surface area contributed by atoms with Crippen LogP contribution in [0, 0.1) is 11.8 Å². The van der Waals surface area contributed by atoms with E-state index >= 15 is 0 Å². The number of carboxylic acids is 1. The zero-order chi connectivity index (χ0) is 17.0. The van der Waals surface area contributed by atoms with Crippen LogP contribution in [0.4, 0.5) is 0 Å². The van der Waals surface area contributed by atoms with Crippen molar-refractivity contribution in [2.45, 2.75) is 33.2 Å². The molecule has 0 aromatic carbocycles. The lowest BCUT2D eigenvalue weighted by Gasteiger charge is -2.32. The molecule has 1 aromatic heterocycles. The lowest BCUT2D eigenvalue weighted by molar-refractivity contribution is -0.138. The van der Waals surface area contributed by atoms with E-state index in [1.54, 1.807) is 0 Å². The normalized spacial score (nSPS) is 15.7. The molecule has 0 radical (unpaired) electrons. The molecule has 23 heavy (non-hydrogen) atoms. The molecule has 2 heterocycles. The SMILES string of the molecule is CC(C)C(=O)N1CCC(C(=O)NCc2nc(C(=O)O)cs2)CC1. The summed E-state index contributed by atoms with van der Waals surface area (Å²) in [5.41, 5.74) is -0.000227. The van der Waals surface area contributed by atoms with Gasteiger partial charge in [-0.25, -0.2) is 9.78 Å². The topological polar surface area (TPSA) is 99.6 Å². The third kappa shape index (κ3) is 4.51. The largest absolute Gasteiger partial charge is 0.476 e. The van der Waals surface area contributed by atoms with Crippen LogP contribution in [0.15, 0.2) is 5.38 Å². The zero-order valence-corrected chi connectivity index (χ0v) is 14.1. The van der Waals surface area contributed by atoms with Crippen molar-refractivity contribution in [3.8, 4) is 0 Å². The van der Waals surface area contributed by atoms with Gasteiger partial charge in [0, 0.05) is 30.3 Å². The third-order valence-electron chi connectivity index (χ3n) is 3.86. The van der Waals surface area contributed by atoms with Crippen LogP contribution in [0.3, 0.4) is 0 Å². The number of nitrogens with zero attached hydrogens (tertiary/aromatic N) is 2. The van der Waals surface area contributed by atoms with Crippen molar-refractivity contribution in [2.24, 2.45) is 11.8 Å². The van der Waals surface area contributed by atoms with Gasteiger partial charge in [-0.05, 0) is 12.8 Å². The molecule has 0 saturated carbocycles. The van der Waals surface area contributed by atoms with Crippen LogP contribution < -0.4 is 5.32 Å². The molecule has 1 aliphatic rings. The summed E-state index contributed by atoms with van der Waals surface area (Å²) in [6.07, 6.45) is 1.31. The smallest absolute Gasteiger partial charge is 0.355 e. The molecular formula is C15H21N3O4S. The quantitative estimate of drug-likeness (QED) is 0.843. The van der Waals surface area contributed by atoms with Gasteiger partial charge >= 0.3 is 5.97 Å². The summed E-state index contributed by atoms with van der Waals surface area (Å²) in [7, 11) is 0. The summed E-state index contributed by atoms with van der Waals surface area (Å²) in [5.74, 6) is -1.12. The van der Waals surface area contributed by atoms with Crippen molar-refractivity contribution in [3.63, 3.8) is 0 Å². The van der Waals surface area contributed by atoms with Gasteiger partial charge in [0.15, 0.2) is 5.69 Å². The highest BCUT2D eigenvalue weighted by Gasteiger charge is 2.28. The number of likely N-dealkylation sites (tertiary alicyclic amines) is 1. The van der Waals surface area contributed by atoms with Gasteiger partial charge in [0.2, 0.25) is 11.8 Å². The van der Waals surface area contributed by atoms with Crippen LogP contribution in [-0.4, -0.2) is 45.9 Å². The molecule has 126 valence electrons. The second-order valence-electron chi connectivity index (χ2n) is 5.90. The maximum absolute atomic E-state index is 12.2. The Labute approximate surface area is 138 Å². The molecule has 2 N–H and O–H groups in total. The van der Waals surface area contributed by atoms with Crippen LogP contribution in [0.25, 0.3) is 0 Å². The summed E-state index contributed by atoms with van der Waals surface area (Å²) >= 11 is 1.21. The van der Waals surface area contributed by atoms with E-state index in [1.807, 2.05) is 18.7 Å². The van der Waals surface area contributed by atoms with Gasteiger partial charge in [0.05, 0.1) is 6.54 Å². The van der Waals surface area contributed by atoms with Gasteiger partial charge < -0.3 is 15.3 Å². The average molecular weight is 339 g/mol. The monoisotopic (exact) mass is 339 g/mol. The lowest BCUT2D eigenvalue weighted by atomic mass is 9.95. The highest BCUT2D eigenvalue weighted by Crippen LogP contribution is 2.19. The fraction of sp³-hybridized carbons (Fsp3) is 0.600. The van der Waals surface area contributed by atoms with Gasteiger partial charge in [0.1, 0.15) is 5.01 Å². The Kier molecular flexibility index (Phi) is 5.70. The number of thiazole rings is 1. The summed E-state index contributed by atoms with van der Waals surface area (Å²) in [5, 5.41) is 13.6. The van der Waals surface area contributed by atoms with Gasteiger partial charge in [-0.15, -0.1) is 11.3 Å². The molecule has 0 atom stereocenters. The predicted molar refractivity (Wildman–Crippen MR) is 85.1 cm³/mol. The molecule has 1 aliphatic heterocycles. The number of hydrogen-bond donors (Lipinski definition) is 2. The number of aromatic nitrogens is 1. The number of hydrogen-bond acceptors (Lipinski definition) is 5. The zero-order valence-electron chi connectivity index (χ0n) is 13.2. The van der Waals surface area contributed by atoms with Crippen molar-refractivity contribution < 1.29 is 19.5 Å². The Morgan fingerprint density at radius 2 is 2.04 bits per heavy atom. The number of carbonyl (C=O) groups excluding carboxylic acids is 2. The molecule has 0 unspecified atom stereocenters. The van der Waals surface area contributed by atoms with E-state index < -0.39 is 5.97 Å². The summed E-state index contributed by atoms with van der Waals surface area (Å²) in [4.78, 5) is 40.6. The minimum absolute atomic E-state index is 0.000227. The first-order valence-corrected chi connectivity index (χ1v) is 8.50. The first kappa shape index (κ1) is 17.4. The number of piperidine rings is 1. The van der Waals surface area contributed by atoms with E-state index in [1.165, 1.54) is 16.7 Å². The van der Waals surface area contributed by atoms with E-state index in [4.69, 9.17) is 5.11 Å². The molecule has 7 nitrogen and oxygen atoms in total. The molecule has 1 fully saturated rings. The standard InChI is InChI=1S/C15H21N3O4S/c1-9(2)14(20)18-5-3-10(4-6-18)13(19)16-7-12-17-11(8-23-12)15(21)22/h8-10H,3-7H2,1-2H3,(H,16,19)(H,21,22). The van der Waals surface area contributed by atoms with Crippen molar-refractivity contribution in [2.75, 3.05) is 13.1 Å². The molecule has 1 aromatic rings. The summed E-state index contributed by atoms with van der Waals surface area (Å²) < 4.78 is 0. The van der Waals surface area contributed by atoms with E-state index in [-0.39, 0.29) is 35.9 Å². The van der Waals surface area contributed by atoms with Gasteiger partial charge in [-0.2, -0.15) is 0 Å². The van der Waals surface area contributed by atoms with Crippen molar-refractivity contribution in [3.05, 3.63) is 16.1 Å². The predicted octanol–water partition coefficient (Wildman–Crippen LogP) is 1.35. The molecule has 2 rings (SSSR count). The fourth-order valence-corrected chi connectivity index (χ4v) is 3.23. The number of amides is 2. The highest BCUT2D eigenvalue weighted by molar-refractivity contribution is 7.09. The van der Waals surface area contributed by atoms with E-state index in [0.717, 1.165) is 0 Å². The maximum Gasteiger partial charge on any atom is 0.355 e. The first-order valence-electron chi connectivity index (χ1n) is 7.62. The Hall–Kier alpha value is -1.96. The van der Waals surface area contributed by atoms with Gasteiger partial charge in [-0.1, -0.05) is 13.8 Å². The Balaban J connectivity index is 1.78. The maximum atomic E-state index is 12.2. The number of aromatic carboxylic acids is 1. The summed E-state index contributed by atoms with van der Waals surface area (Å²) in [6, 6.07) is 0. The highest BCUT2D eigenvalue weighted by atomic mass is 32.1. The fourth-order valence-electron chi connectivity index (χ4n) is 2.52. The van der Waals surface area contributed by atoms with Crippen LogP contribution in [-0.2, 0) is 16.1 Å². The lowest BCUT2D eigenvalue weighted by Crippen LogP contribution is -2.44. The molecule has 8 heteroatoms. The number of rotatable bonds is 5. The number of carbonyl (C=O) groups is 3. The Morgan fingerprint density at radius 1 is 1.39 bits per heavy atom. The molecule has 0 spiro atoms. The number of nitrogens with one attached hydrogen (secondary N) is 1. The van der Waals surface area contributed by atoms with Crippen molar-refractivity contribution in [1.29, 1.82) is 0 Å². The van der Waals surface area contributed by atoms with Crippen LogP contribution in [0.1, 0.15) is 42.2 Å². The molecular weight excluding hydrogens is 318 g/mol. The second kappa shape index (κ2) is 7.54. The minimum atomic E-state index is -1.07. The van der Waals surface area contributed by atoms with Gasteiger partial charge in [-0.3, -0.25) is 9.59 Å². The average Bonchev–Trinajstić information content (AvgIpc) is 3.01. The molecule has 0 aliphatic carbocycles. The second-order valence-corrected chi connectivity index (χ2v) is 6.85. The van der Waals surface area contributed by atoms with Crippen LogP contribution >= 0.6 is 11.3 Å². The molecule has 0 bridgehead atoms. The Morgan fingerprint density at radius 3 is 2.57 bits per heavy atom. The van der Waals surface area contributed by atoms with Crippen molar-refractivity contribution in [1.82, 2.24) is 15.2 Å². The van der Waals surface area contributed by atoms with Crippen molar-refractivity contribution >= 4 is 29.1 Å². The molecule has 2 amide bonds. The van der Waals surface area contributed by atoms with E-state index in [0.29, 0.717) is 30.9 Å². The van der Waals surface area contributed by atoms with Gasteiger partial charge in [0.25, 0.3) is 0 Å². The first-order chi connectivity index (χ1) is 10.9. The van der Waals surface area contributed by atoms with Crippen LogP contribution in [0.5, 0.6) is 0 Å².